The number of aryl methyl sites for hydroxylation is 1. The monoisotopic (exact) mass is 261 g/mol. The first kappa shape index (κ1) is 13.5. The predicted molar refractivity (Wildman–Crippen MR) is 74.3 cm³/mol. The number of nitrogens with one attached hydrogen (secondary N) is 1. The predicted octanol–water partition coefficient (Wildman–Crippen LogP) is 0.951. The van der Waals surface area contributed by atoms with Gasteiger partial charge in [0.25, 0.3) is 5.91 Å². The standard InChI is InChI=1S/C14H19N3O2/c1-10-5-4-6-11-13(10)15-12(18)9-17(14(11)19)8-7-16(2)3/h4-6H,7-9H2,1-3H3,(H,15,18). The van der Waals surface area contributed by atoms with Gasteiger partial charge in [-0.05, 0) is 32.6 Å². The first-order valence-electron chi connectivity index (χ1n) is 6.32. The highest BCUT2D eigenvalue weighted by molar-refractivity contribution is 6.09. The molecule has 19 heavy (non-hydrogen) atoms. The fourth-order valence-electron chi connectivity index (χ4n) is 2.11. The number of carbonyl (C=O) groups is 2. The minimum absolute atomic E-state index is 0.0844. The van der Waals surface area contributed by atoms with E-state index < -0.39 is 0 Å². The number of rotatable bonds is 3. The minimum atomic E-state index is -0.139. The Morgan fingerprint density at radius 1 is 1.32 bits per heavy atom. The number of benzene rings is 1. The van der Waals surface area contributed by atoms with E-state index in [1.165, 1.54) is 0 Å². The van der Waals surface area contributed by atoms with Crippen molar-refractivity contribution in [1.82, 2.24) is 9.80 Å². The summed E-state index contributed by atoms with van der Waals surface area (Å²) in [6.07, 6.45) is 0. The molecule has 1 aromatic carbocycles. The first-order chi connectivity index (χ1) is 8.99. The average molecular weight is 261 g/mol. The summed E-state index contributed by atoms with van der Waals surface area (Å²) in [5, 5.41) is 2.82. The highest BCUT2D eigenvalue weighted by Crippen LogP contribution is 2.24. The molecule has 0 saturated heterocycles. The number of fused-ring (bicyclic) bond motifs is 1. The van der Waals surface area contributed by atoms with Gasteiger partial charge < -0.3 is 15.1 Å². The Labute approximate surface area is 113 Å². The fraction of sp³-hybridized carbons (Fsp3) is 0.429. The van der Waals surface area contributed by atoms with Gasteiger partial charge in [0.1, 0.15) is 6.54 Å². The van der Waals surface area contributed by atoms with Crippen LogP contribution in [0.5, 0.6) is 0 Å². The van der Waals surface area contributed by atoms with Crippen molar-refractivity contribution in [3.63, 3.8) is 0 Å². The van der Waals surface area contributed by atoms with Crippen LogP contribution < -0.4 is 5.32 Å². The topological polar surface area (TPSA) is 52.7 Å². The highest BCUT2D eigenvalue weighted by Gasteiger charge is 2.26. The Kier molecular flexibility index (Phi) is 3.85. The maximum atomic E-state index is 12.5. The fourth-order valence-corrected chi connectivity index (χ4v) is 2.11. The summed E-state index contributed by atoms with van der Waals surface area (Å²) in [6, 6.07) is 5.49. The van der Waals surface area contributed by atoms with Gasteiger partial charge >= 0.3 is 0 Å². The van der Waals surface area contributed by atoms with Crippen molar-refractivity contribution in [2.75, 3.05) is 39.0 Å². The van der Waals surface area contributed by atoms with Crippen LogP contribution in [0.1, 0.15) is 15.9 Å². The highest BCUT2D eigenvalue weighted by atomic mass is 16.2. The zero-order valence-corrected chi connectivity index (χ0v) is 11.6. The van der Waals surface area contributed by atoms with Gasteiger partial charge in [-0.1, -0.05) is 12.1 Å². The quantitative estimate of drug-likeness (QED) is 0.881. The lowest BCUT2D eigenvalue weighted by Crippen LogP contribution is -2.39. The van der Waals surface area contributed by atoms with E-state index >= 15 is 0 Å². The molecule has 2 rings (SSSR count). The van der Waals surface area contributed by atoms with Crippen molar-refractivity contribution in [1.29, 1.82) is 0 Å². The molecule has 0 aromatic heterocycles. The number of para-hydroxylation sites is 1. The summed E-state index contributed by atoms with van der Waals surface area (Å²) in [4.78, 5) is 27.9. The summed E-state index contributed by atoms with van der Waals surface area (Å²) >= 11 is 0. The van der Waals surface area contributed by atoms with Crippen molar-refractivity contribution in [2.24, 2.45) is 0 Å². The molecule has 0 bridgehead atoms. The molecule has 1 aromatic rings. The summed E-state index contributed by atoms with van der Waals surface area (Å²) in [6.45, 7) is 3.29. The van der Waals surface area contributed by atoms with Gasteiger partial charge in [-0.15, -0.1) is 0 Å². The number of hydrogen-bond donors (Lipinski definition) is 1. The van der Waals surface area contributed by atoms with Crippen molar-refractivity contribution in [3.05, 3.63) is 29.3 Å². The van der Waals surface area contributed by atoms with Crippen LogP contribution in [0.2, 0.25) is 0 Å². The third kappa shape index (κ3) is 2.93. The van der Waals surface area contributed by atoms with E-state index in [9.17, 15) is 9.59 Å². The van der Waals surface area contributed by atoms with Crippen LogP contribution in [0.25, 0.3) is 0 Å². The molecular formula is C14H19N3O2. The van der Waals surface area contributed by atoms with Crippen molar-refractivity contribution in [2.45, 2.75) is 6.92 Å². The van der Waals surface area contributed by atoms with Gasteiger partial charge in [0.05, 0.1) is 11.3 Å². The molecule has 102 valence electrons. The second kappa shape index (κ2) is 5.40. The average Bonchev–Trinajstić information content (AvgIpc) is 2.47. The lowest BCUT2D eigenvalue weighted by molar-refractivity contribution is -0.116. The lowest BCUT2D eigenvalue weighted by Gasteiger charge is -2.21. The Balaban J connectivity index is 2.31. The van der Waals surface area contributed by atoms with Crippen molar-refractivity contribution in [3.8, 4) is 0 Å². The van der Waals surface area contributed by atoms with Crippen LogP contribution in [-0.2, 0) is 4.79 Å². The molecule has 1 N–H and O–H groups in total. The summed E-state index contributed by atoms with van der Waals surface area (Å²) in [5.41, 5.74) is 2.13. The summed E-state index contributed by atoms with van der Waals surface area (Å²) in [5.74, 6) is -0.223. The van der Waals surface area contributed by atoms with Gasteiger partial charge in [-0.3, -0.25) is 9.59 Å². The molecule has 1 aliphatic heterocycles. The second-order valence-electron chi connectivity index (χ2n) is 5.08. The third-order valence-corrected chi connectivity index (χ3v) is 3.21. The molecule has 0 atom stereocenters. The van der Waals surface area contributed by atoms with E-state index in [-0.39, 0.29) is 18.4 Å². The molecule has 0 fully saturated rings. The molecule has 2 amide bonds. The molecule has 5 nitrogen and oxygen atoms in total. The van der Waals surface area contributed by atoms with E-state index in [1.807, 2.05) is 38.1 Å². The van der Waals surface area contributed by atoms with Crippen LogP contribution in [0, 0.1) is 6.92 Å². The smallest absolute Gasteiger partial charge is 0.256 e. The SMILES string of the molecule is Cc1cccc2c1NC(=O)CN(CCN(C)C)C2=O. The van der Waals surface area contributed by atoms with E-state index in [1.54, 1.807) is 11.0 Å². The minimum Gasteiger partial charge on any atom is -0.328 e. The summed E-state index contributed by atoms with van der Waals surface area (Å²) < 4.78 is 0. The van der Waals surface area contributed by atoms with E-state index in [0.29, 0.717) is 17.8 Å². The van der Waals surface area contributed by atoms with Crippen LogP contribution >= 0.6 is 0 Å². The largest absolute Gasteiger partial charge is 0.328 e. The molecule has 1 aliphatic rings. The molecule has 0 aliphatic carbocycles. The Hall–Kier alpha value is -1.88. The second-order valence-corrected chi connectivity index (χ2v) is 5.08. The maximum absolute atomic E-state index is 12.5. The molecule has 5 heteroatoms. The molecule has 0 radical (unpaired) electrons. The zero-order chi connectivity index (χ0) is 14.0. The number of carbonyl (C=O) groups excluding carboxylic acids is 2. The number of hydrogen-bond acceptors (Lipinski definition) is 3. The Morgan fingerprint density at radius 2 is 2.05 bits per heavy atom. The van der Waals surface area contributed by atoms with Crippen molar-refractivity contribution < 1.29 is 9.59 Å². The molecule has 0 spiro atoms. The van der Waals surface area contributed by atoms with Crippen LogP contribution in [0.15, 0.2) is 18.2 Å². The van der Waals surface area contributed by atoms with Crippen LogP contribution in [-0.4, -0.2) is 55.3 Å². The van der Waals surface area contributed by atoms with E-state index in [2.05, 4.69) is 5.32 Å². The number of likely N-dealkylation sites (N-methyl/N-ethyl adjacent to an activating group) is 1. The van der Waals surface area contributed by atoms with Crippen molar-refractivity contribution >= 4 is 17.5 Å². The Morgan fingerprint density at radius 3 is 2.74 bits per heavy atom. The first-order valence-corrected chi connectivity index (χ1v) is 6.32. The normalized spacial score (nSPS) is 15.3. The van der Waals surface area contributed by atoms with Gasteiger partial charge in [0.2, 0.25) is 5.91 Å². The van der Waals surface area contributed by atoms with E-state index in [4.69, 9.17) is 0 Å². The maximum Gasteiger partial charge on any atom is 0.256 e. The van der Waals surface area contributed by atoms with E-state index in [0.717, 1.165) is 12.1 Å². The number of amides is 2. The molecule has 1 heterocycles. The molecule has 0 unspecified atom stereocenters. The van der Waals surface area contributed by atoms with Gasteiger partial charge in [0.15, 0.2) is 0 Å². The third-order valence-electron chi connectivity index (χ3n) is 3.21. The van der Waals surface area contributed by atoms with Gasteiger partial charge in [0, 0.05) is 13.1 Å². The number of anilines is 1. The zero-order valence-electron chi connectivity index (χ0n) is 11.6. The molecule has 0 saturated carbocycles. The lowest BCUT2D eigenvalue weighted by atomic mass is 10.1. The van der Waals surface area contributed by atoms with Gasteiger partial charge in [-0.25, -0.2) is 0 Å². The number of nitrogens with zero attached hydrogens (tertiary/aromatic N) is 2. The van der Waals surface area contributed by atoms with Gasteiger partial charge in [-0.2, -0.15) is 0 Å². The van der Waals surface area contributed by atoms with Crippen LogP contribution in [0.3, 0.4) is 0 Å². The van der Waals surface area contributed by atoms with Crippen LogP contribution in [0.4, 0.5) is 5.69 Å². The Bertz CT molecular complexity index is 511. The summed E-state index contributed by atoms with van der Waals surface area (Å²) in [7, 11) is 3.89. The molecular weight excluding hydrogens is 242 g/mol.